The Balaban J connectivity index is 2.25. The Kier molecular flexibility index (Phi) is 5.02. The van der Waals surface area contributed by atoms with E-state index in [-0.39, 0.29) is 0 Å². The molecule has 5 heteroatoms. The number of halogens is 1. The summed E-state index contributed by atoms with van der Waals surface area (Å²) in [6.07, 6.45) is 1.82. The van der Waals surface area contributed by atoms with Crippen molar-refractivity contribution in [1.82, 2.24) is 9.97 Å². The standard InChI is InChI=1S/C16H21ClN4/c1-5-6-14-19-15(17)11(2)16(20-14)18-12-7-9-13(10-8-12)21(3)4/h7-10H,5-6H2,1-4H3,(H,18,19,20). The maximum atomic E-state index is 6.19. The first kappa shape index (κ1) is 15.6. The Morgan fingerprint density at radius 3 is 2.38 bits per heavy atom. The van der Waals surface area contributed by atoms with Crippen LogP contribution in [0.15, 0.2) is 24.3 Å². The zero-order valence-electron chi connectivity index (χ0n) is 12.9. The van der Waals surface area contributed by atoms with Crippen molar-refractivity contribution in [2.75, 3.05) is 24.3 Å². The van der Waals surface area contributed by atoms with Gasteiger partial charge in [0, 0.05) is 37.5 Å². The van der Waals surface area contributed by atoms with Gasteiger partial charge in [-0.25, -0.2) is 9.97 Å². The predicted molar refractivity (Wildman–Crippen MR) is 89.8 cm³/mol. The molecule has 1 N–H and O–H groups in total. The Morgan fingerprint density at radius 2 is 1.81 bits per heavy atom. The lowest BCUT2D eigenvalue weighted by molar-refractivity contribution is 0.833. The molecular formula is C16H21ClN4. The Labute approximate surface area is 131 Å². The second-order valence-electron chi connectivity index (χ2n) is 5.22. The van der Waals surface area contributed by atoms with Crippen LogP contribution in [0.1, 0.15) is 24.7 Å². The third kappa shape index (κ3) is 3.85. The van der Waals surface area contributed by atoms with E-state index in [9.17, 15) is 0 Å². The maximum absolute atomic E-state index is 6.19. The van der Waals surface area contributed by atoms with Crippen LogP contribution in [-0.4, -0.2) is 24.1 Å². The van der Waals surface area contributed by atoms with Crippen LogP contribution in [0.5, 0.6) is 0 Å². The van der Waals surface area contributed by atoms with Crippen molar-refractivity contribution in [3.05, 3.63) is 40.8 Å². The second-order valence-corrected chi connectivity index (χ2v) is 5.58. The number of hydrogen-bond acceptors (Lipinski definition) is 4. The summed E-state index contributed by atoms with van der Waals surface area (Å²) in [5, 5.41) is 3.84. The molecule has 1 heterocycles. The first-order valence-corrected chi connectivity index (χ1v) is 7.46. The average Bonchev–Trinajstić information content (AvgIpc) is 2.45. The van der Waals surface area contributed by atoms with Crippen molar-refractivity contribution in [2.45, 2.75) is 26.7 Å². The van der Waals surface area contributed by atoms with Crippen molar-refractivity contribution >= 4 is 28.8 Å². The van der Waals surface area contributed by atoms with E-state index >= 15 is 0 Å². The molecule has 2 rings (SSSR count). The minimum atomic E-state index is 0.515. The summed E-state index contributed by atoms with van der Waals surface area (Å²) in [6, 6.07) is 8.19. The lowest BCUT2D eigenvalue weighted by atomic mass is 10.2. The smallest absolute Gasteiger partial charge is 0.138 e. The summed E-state index contributed by atoms with van der Waals surface area (Å²) >= 11 is 6.19. The highest BCUT2D eigenvalue weighted by atomic mass is 35.5. The monoisotopic (exact) mass is 304 g/mol. The van der Waals surface area contributed by atoms with E-state index in [0.717, 1.165) is 41.4 Å². The Morgan fingerprint density at radius 1 is 1.14 bits per heavy atom. The van der Waals surface area contributed by atoms with E-state index in [1.54, 1.807) is 0 Å². The molecule has 0 atom stereocenters. The molecular weight excluding hydrogens is 284 g/mol. The quantitative estimate of drug-likeness (QED) is 0.841. The number of aryl methyl sites for hydroxylation is 1. The molecule has 0 saturated heterocycles. The van der Waals surface area contributed by atoms with Crippen molar-refractivity contribution in [3.8, 4) is 0 Å². The second kappa shape index (κ2) is 6.76. The molecule has 0 unspecified atom stereocenters. The zero-order chi connectivity index (χ0) is 15.4. The third-order valence-corrected chi connectivity index (χ3v) is 3.62. The van der Waals surface area contributed by atoms with Gasteiger partial charge in [-0.2, -0.15) is 0 Å². The molecule has 112 valence electrons. The van der Waals surface area contributed by atoms with Gasteiger partial charge in [-0.3, -0.25) is 0 Å². The van der Waals surface area contributed by atoms with Crippen molar-refractivity contribution in [3.63, 3.8) is 0 Å². The van der Waals surface area contributed by atoms with Crippen LogP contribution in [0.25, 0.3) is 0 Å². The topological polar surface area (TPSA) is 41.1 Å². The highest BCUT2D eigenvalue weighted by molar-refractivity contribution is 6.30. The molecule has 2 aromatic rings. The molecule has 1 aromatic carbocycles. The molecule has 0 aliphatic rings. The van der Waals surface area contributed by atoms with E-state index in [1.165, 1.54) is 0 Å². The van der Waals surface area contributed by atoms with Gasteiger partial charge in [-0.15, -0.1) is 0 Å². The number of aromatic nitrogens is 2. The largest absolute Gasteiger partial charge is 0.378 e. The SMILES string of the molecule is CCCc1nc(Cl)c(C)c(Nc2ccc(N(C)C)cc2)n1. The number of nitrogens with one attached hydrogen (secondary N) is 1. The zero-order valence-corrected chi connectivity index (χ0v) is 13.7. The number of benzene rings is 1. The van der Waals surface area contributed by atoms with Crippen molar-refractivity contribution in [1.29, 1.82) is 0 Å². The average molecular weight is 305 g/mol. The normalized spacial score (nSPS) is 10.5. The molecule has 0 radical (unpaired) electrons. The van der Waals surface area contributed by atoms with Crippen LogP contribution in [0.3, 0.4) is 0 Å². The summed E-state index contributed by atoms with van der Waals surface area (Å²) in [6.45, 7) is 4.03. The van der Waals surface area contributed by atoms with Gasteiger partial charge in [-0.1, -0.05) is 18.5 Å². The summed E-state index contributed by atoms with van der Waals surface area (Å²) < 4.78 is 0. The summed E-state index contributed by atoms with van der Waals surface area (Å²) in [5.74, 6) is 1.55. The van der Waals surface area contributed by atoms with Crippen LogP contribution in [0, 0.1) is 6.92 Å². The predicted octanol–water partition coefficient (Wildman–Crippen LogP) is 4.20. The molecule has 0 aliphatic carbocycles. The summed E-state index contributed by atoms with van der Waals surface area (Å²) in [7, 11) is 4.04. The minimum absolute atomic E-state index is 0.515. The van der Waals surface area contributed by atoms with Crippen molar-refractivity contribution in [2.24, 2.45) is 0 Å². The van der Waals surface area contributed by atoms with Crippen LogP contribution in [-0.2, 0) is 6.42 Å². The number of rotatable bonds is 5. The van der Waals surface area contributed by atoms with Gasteiger partial charge in [0.15, 0.2) is 0 Å². The first-order chi connectivity index (χ1) is 10.0. The Hall–Kier alpha value is -1.81. The maximum Gasteiger partial charge on any atom is 0.138 e. The summed E-state index contributed by atoms with van der Waals surface area (Å²) in [5.41, 5.74) is 3.01. The van der Waals surface area contributed by atoms with Crippen LogP contribution in [0.2, 0.25) is 5.15 Å². The molecule has 0 fully saturated rings. The van der Waals surface area contributed by atoms with Gasteiger partial charge in [0.25, 0.3) is 0 Å². The van der Waals surface area contributed by atoms with E-state index < -0.39 is 0 Å². The summed E-state index contributed by atoms with van der Waals surface area (Å²) in [4.78, 5) is 10.9. The molecule has 0 spiro atoms. The van der Waals surface area contributed by atoms with E-state index in [1.807, 2.05) is 33.2 Å². The molecule has 21 heavy (non-hydrogen) atoms. The third-order valence-electron chi connectivity index (χ3n) is 3.25. The molecule has 0 bridgehead atoms. The highest BCUT2D eigenvalue weighted by Gasteiger charge is 2.09. The van der Waals surface area contributed by atoms with Gasteiger partial charge in [0.05, 0.1) is 0 Å². The molecule has 0 amide bonds. The van der Waals surface area contributed by atoms with Gasteiger partial charge >= 0.3 is 0 Å². The lowest BCUT2D eigenvalue weighted by Crippen LogP contribution is -2.08. The molecule has 0 aliphatic heterocycles. The fourth-order valence-electron chi connectivity index (χ4n) is 1.97. The highest BCUT2D eigenvalue weighted by Crippen LogP contribution is 2.25. The van der Waals surface area contributed by atoms with Gasteiger partial charge in [0.1, 0.15) is 16.8 Å². The van der Waals surface area contributed by atoms with Crippen LogP contribution in [0.4, 0.5) is 17.2 Å². The molecule has 1 aromatic heterocycles. The van der Waals surface area contributed by atoms with Crippen LogP contribution < -0.4 is 10.2 Å². The number of hydrogen-bond donors (Lipinski definition) is 1. The van der Waals surface area contributed by atoms with Gasteiger partial charge < -0.3 is 10.2 Å². The number of nitrogens with zero attached hydrogens (tertiary/aromatic N) is 3. The minimum Gasteiger partial charge on any atom is -0.378 e. The van der Waals surface area contributed by atoms with Crippen molar-refractivity contribution < 1.29 is 0 Å². The lowest BCUT2D eigenvalue weighted by Gasteiger charge is -2.14. The number of anilines is 3. The van der Waals surface area contributed by atoms with Gasteiger partial charge in [0.2, 0.25) is 0 Å². The first-order valence-electron chi connectivity index (χ1n) is 7.08. The van der Waals surface area contributed by atoms with E-state index in [4.69, 9.17) is 11.6 Å². The fraction of sp³-hybridized carbons (Fsp3) is 0.375. The fourth-order valence-corrected chi connectivity index (χ4v) is 2.16. The van der Waals surface area contributed by atoms with E-state index in [0.29, 0.717) is 5.15 Å². The molecule has 4 nitrogen and oxygen atoms in total. The van der Waals surface area contributed by atoms with Crippen LogP contribution >= 0.6 is 11.6 Å². The molecule has 0 saturated carbocycles. The Bertz CT molecular complexity index is 608. The van der Waals surface area contributed by atoms with Gasteiger partial charge in [-0.05, 0) is 37.6 Å². The van der Waals surface area contributed by atoms with E-state index in [2.05, 4.69) is 39.2 Å².